The van der Waals surface area contributed by atoms with Crippen molar-refractivity contribution in [2.24, 2.45) is 0 Å². The van der Waals surface area contributed by atoms with Gasteiger partial charge in [-0.15, -0.1) is 0 Å². The molecule has 0 aliphatic heterocycles. The molecule has 2 atom stereocenters. The van der Waals surface area contributed by atoms with Crippen LogP contribution in [0.15, 0.2) is 15.8 Å². The van der Waals surface area contributed by atoms with E-state index in [0.717, 1.165) is 6.26 Å². The summed E-state index contributed by atoms with van der Waals surface area (Å²) in [5.74, 6) is 0. The van der Waals surface area contributed by atoms with E-state index in [1.165, 1.54) is 10.8 Å². The first-order valence-corrected chi connectivity index (χ1v) is 8.27. The molecule has 0 unspecified atom stereocenters. The fraction of sp³-hybridized carbons (Fsp3) is 0.667. The molecule has 9 heteroatoms. The van der Waals surface area contributed by atoms with E-state index >= 15 is 0 Å². The summed E-state index contributed by atoms with van der Waals surface area (Å²) in [6.07, 6.45) is 1.71. The van der Waals surface area contributed by atoms with Crippen molar-refractivity contribution in [1.82, 2.24) is 9.55 Å². The Hall–Kier alpha value is -1.45. The van der Waals surface area contributed by atoms with Crippen LogP contribution in [0.5, 0.6) is 0 Å². The molecule has 0 saturated heterocycles. The van der Waals surface area contributed by atoms with Gasteiger partial charge in [0.25, 0.3) is 15.7 Å². The highest BCUT2D eigenvalue weighted by molar-refractivity contribution is 7.85. The molecule has 0 bridgehead atoms. The number of nitrogens with zero attached hydrogens (tertiary/aromatic N) is 1. The molecule has 1 N–H and O–H groups in total. The fourth-order valence-corrected chi connectivity index (χ4v) is 2.05. The molecule has 0 aliphatic rings. The number of nitrogens with one attached hydrogen (secondary N) is 1. The second-order valence-corrected chi connectivity index (χ2v) is 6.38. The minimum atomic E-state index is -3.55. The quantitative estimate of drug-likeness (QED) is 0.716. The minimum Gasteiger partial charge on any atom is -0.352 e. The maximum absolute atomic E-state index is 11.7. The summed E-state index contributed by atoms with van der Waals surface area (Å²) in [5, 5.41) is 0. The Bertz CT molecular complexity index is 690. The highest BCUT2D eigenvalue weighted by Crippen LogP contribution is 2.11. The van der Waals surface area contributed by atoms with Gasteiger partial charge in [0.15, 0.2) is 0 Å². The zero-order chi connectivity index (χ0) is 16.2. The Kier molecular flexibility index (Phi) is 5.87. The van der Waals surface area contributed by atoms with E-state index < -0.39 is 33.7 Å². The van der Waals surface area contributed by atoms with Crippen LogP contribution >= 0.6 is 0 Å². The molecule has 0 amide bonds. The van der Waals surface area contributed by atoms with Crippen LogP contribution in [0.4, 0.5) is 0 Å². The summed E-state index contributed by atoms with van der Waals surface area (Å²) in [4.78, 5) is 25.2. The van der Waals surface area contributed by atoms with E-state index in [1.54, 1.807) is 13.8 Å². The van der Waals surface area contributed by atoms with Crippen molar-refractivity contribution in [3.05, 3.63) is 32.6 Å². The number of hydrogen-bond donors (Lipinski definition) is 1. The zero-order valence-electron chi connectivity index (χ0n) is 12.5. The van der Waals surface area contributed by atoms with Gasteiger partial charge in [-0.2, -0.15) is 8.42 Å². The van der Waals surface area contributed by atoms with Crippen LogP contribution in [-0.2, 0) is 19.0 Å². The van der Waals surface area contributed by atoms with Crippen molar-refractivity contribution in [2.45, 2.75) is 39.5 Å². The SMILES string of the molecule is CC[C@H](COS(C)(=O)=O)O[C@H](C)n1cc(C)c(=O)[nH]c1=O. The summed E-state index contributed by atoms with van der Waals surface area (Å²) < 4.78 is 33.5. The number of ether oxygens (including phenoxy) is 1. The first-order chi connectivity index (χ1) is 9.64. The van der Waals surface area contributed by atoms with Gasteiger partial charge >= 0.3 is 5.69 Å². The summed E-state index contributed by atoms with van der Waals surface area (Å²) in [5.41, 5.74) is -0.654. The third kappa shape index (κ3) is 5.44. The largest absolute Gasteiger partial charge is 0.352 e. The van der Waals surface area contributed by atoms with Crippen LogP contribution in [0.3, 0.4) is 0 Å². The average molecular weight is 320 g/mol. The Labute approximate surface area is 122 Å². The summed E-state index contributed by atoms with van der Waals surface area (Å²) in [6, 6.07) is 0. The first kappa shape index (κ1) is 17.6. The van der Waals surface area contributed by atoms with Gasteiger partial charge in [0, 0.05) is 11.8 Å². The number of aromatic nitrogens is 2. The highest BCUT2D eigenvalue weighted by Gasteiger charge is 2.17. The average Bonchev–Trinajstić information content (AvgIpc) is 2.37. The second kappa shape index (κ2) is 7.01. The molecular weight excluding hydrogens is 300 g/mol. The second-order valence-electron chi connectivity index (χ2n) is 4.73. The third-order valence-corrected chi connectivity index (χ3v) is 3.41. The standard InChI is InChI=1S/C12H20N2O6S/c1-5-10(7-19-21(4,17)18)20-9(3)14-6-8(2)11(15)13-12(14)16/h6,9-10H,5,7H2,1-4H3,(H,13,15,16)/t9-,10-/m1/s1. The van der Waals surface area contributed by atoms with Gasteiger partial charge < -0.3 is 4.74 Å². The third-order valence-electron chi connectivity index (χ3n) is 2.85. The van der Waals surface area contributed by atoms with Crippen LogP contribution in [0, 0.1) is 6.92 Å². The molecule has 0 aromatic carbocycles. The molecule has 0 saturated carbocycles. The van der Waals surface area contributed by atoms with Crippen LogP contribution in [0.1, 0.15) is 32.1 Å². The molecule has 1 aromatic rings. The van der Waals surface area contributed by atoms with Gasteiger partial charge in [-0.1, -0.05) is 6.92 Å². The Morgan fingerprint density at radius 2 is 2.00 bits per heavy atom. The predicted molar refractivity (Wildman–Crippen MR) is 76.7 cm³/mol. The Morgan fingerprint density at radius 1 is 1.38 bits per heavy atom. The Balaban J connectivity index is 2.84. The van der Waals surface area contributed by atoms with Crippen LogP contribution < -0.4 is 11.2 Å². The topological polar surface area (TPSA) is 107 Å². The zero-order valence-corrected chi connectivity index (χ0v) is 13.3. The van der Waals surface area contributed by atoms with Crippen molar-refractivity contribution < 1.29 is 17.3 Å². The van der Waals surface area contributed by atoms with Crippen molar-refractivity contribution >= 4 is 10.1 Å². The lowest BCUT2D eigenvalue weighted by atomic mass is 10.3. The monoisotopic (exact) mass is 320 g/mol. The van der Waals surface area contributed by atoms with Gasteiger partial charge in [-0.25, -0.2) is 4.79 Å². The molecule has 1 heterocycles. The number of hydrogen-bond acceptors (Lipinski definition) is 6. The molecule has 8 nitrogen and oxygen atoms in total. The summed E-state index contributed by atoms with van der Waals surface area (Å²) in [6.45, 7) is 4.88. The maximum atomic E-state index is 11.7. The van der Waals surface area contributed by atoms with E-state index in [1.807, 2.05) is 6.92 Å². The van der Waals surface area contributed by atoms with E-state index in [4.69, 9.17) is 8.92 Å². The fourth-order valence-electron chi connectivity index (χ4n) is 1.65. The number of aromatic amines is 1. The normalized spacial score (nSPS) is 14.9. The highest BCUT2D eigenvalue weighted by atomic mass is 32.2. The van der Waals surface area contributed by atoms with Gasteiger partial charge in [0.2, 0.25) is 0 Å². The summed E-state index contributed by atoms with van der Waals surface area (Å²) in [7, 11) is -3.55. The Morgan fingerprint density at radius 3 is 2.52 bits per heavy atom. The van der Waals surface area contributed by atoms with Crippen molar-refractivity contribution in [1.29, 1.82) is 0 Å². The molecule has 0 spiro atoms. The van der Waals surface area contributed by atoms with Gasteiger partial charge in [-0.3, -0.25) is 18.5 Å². The predicted octanol–water partition coefficient (Wildman–Crippen LogP) is 0.135. The van der Waals surface area contributed by atoms with E-state index in [0.29, 0.717) is 12.0 Å². The number of aryl methyl sites for hydroxylation is 1. The minimum absolute atomic E-state index is 0.128. The number of H-pyrrole nitrogens is 1. The van der Waals surface area contributed by atoms with Crippen molar-refractivity contribution in [3.63, 3.8) is 0 Å². The first-order valence-electron chi connectivity index (χ1n) is 6.46. The van der Waals surface area contributed by atoms with Crippen molar-refractivity contribution in [3.8, 4) is 0 Å². The van der Waals surface area contributed by atoms with E-state index in [-0.39, 0.29) is 6.61 Å². The van der Waals surface area contributed by atoms with Crippen LogP contribution in [0.2, 0.25) is 0 Å². The maximum Gasteiger partial charge on any atom is 0.330 e. The van der Waals surface area contributed by atoms with E-state index in [9.17, 15) is 18.0 Å². The van der Waals surface area contributed by atoms with Crippen molar-refractivity contribution in [2.75, 3.05) is 12.9 Å². The molecule has 0 radical (unpaired) electrons. The molecule has 1 rings (SSSR count). The molecule has 21 heavy (non-hydrogen) atoms. The van der Waals surface area contributed by atoms with E-state index in [2.05, 4.69) is 4.98 Å². The van der Waals surface area contributed by atoms with Gasteiger partial charge in [0.1, 0.15) is 6.23 Å². The lowest BCUT2D eigenvalue weighted by Crippen LogP contribution is -2.35. The lowest BCUT2D eigenvalue weighted by Gasteiger charge is -2.22. The lowest BCUT2D eigenvalue weighted by molar-refractivity contribution is -0.0632. The molecule has 0 fully saturated rings. The van der Waals surface area contributed by atoms with Crippen LogP contribution in [0.25, 0.3) is 0 Å². The summed E-state index contributed by atoms with van der Waals surface area (Å²) >= 11 is 0. The van der Waals surface area contributed by atoms with Gasteiger partial charge in [-0.05, 0) is 20.3 Å². The smallest absolute Gasteiger partial charge is 0.330 e. The molecule has 120 valence electrons. The molecule has 0 aliphatic carbocycles. The molecule has 1 aromatic heterocycles. The number of rotatable bonds is 7. The van der Waals surface area contributed by atoms with Gasteiger partial charge in [0.05, 0.1) is 19.0 Å². The van der Waals surface area contributed by atoms with Crippen LogP contribution in [-0.4, -0.2) is 36.9 Å². The molecular formula is C12H20N2O6S.